The molecule has 1 aliphatic heterocycles. The Morgan fingerprint density at radius 3 is 2.84 bits per heavy atom. The van der Waals surface area contributed by atoms with Crippen LogP contribution in [0.3, 0.4) is 0 Å². The first-order valence-corrected chi connectivity index (χ1v) is 6.13. The van der Waals surface area contributed by atoms with Crippen molar-refractivity contribution in [2.75, 3.05) is 39.5 Å². The lowest BCUT2D eigenvalue weighted by Gasteiger charge is -2.26. The van der Waals surface area contributed by atoms with E-state index < -0.39 is 17.3 Å². The van der Waals surface area contributed by atoms with Gasteiger partial charge >= 0.3 is 5.97 Å². The lowest BCUT2D eigenvalue weighted by Crippen LogP contribution is -2.38. The van der Waals surface area contributed by atoms with Crippen molar-refractivity contribution in [2.45, 2.75) is 0 Å². The van der Waals surface area contributed by atoms with E-state index >= 15 is 0 Å². The summed E-state index contributed by atoms with van der Waals surface area (Å²) in [7, 11) is 0. The van der Waals surface area contributed by atoms with Gasteiger partial charge < -0.3 is 14.6 Å². The third kappa shape index (κ3) is 3.65. The number of aromatic carboxylic acids is 1. The number of hydrogen-bond acceptors (Lipinski definition) is 4. The van der Waals surface area contributed by atoms with Crippen LogP contribution in [0.25, 0.3) is 0 Å². The Bertz CT molecular complexity index is 446. The zero-order chi connectivity index (χ0) is 13.7. The second kappa shape index (κ2) is 6.49. The van der Waals surface area contributed by atoms with Crippen LogP contribution < -0.4 is 4.74 Å². The fraction of sp³-hybridized carbons (Fsp3) is 0.462. The van der Waals surface area contributed by atoms with Gasteiger partial charge in [-0.15, -0.1) is 0 Å². The molecule has 1 aromatic carbocycles. The van der Waals surface area contributed by atoms with E-state index in [1.807, 2.05) is 0 Å². The molecule has 0 bridgehead atoms. The highest BCUT2D eigenvalue weighted by Gasteiger charge is 2.17. The summed E-state index contributed by atoms with van der Waals surface area (Å²) in [5.41, 5.74) is -0.413. The van der Waals surface area contributed by atoms with Crippen LogP contribution in [0, 0.1) is 5.82 Å². The van der Waals surface area contributed by atoms with Crippen LogP contribution in [-0.2, 0) is 4.74 Å². The summed E-state index contributed by atoms with van der Waals surface area (Å²) >= 11 is 0. The van der Waals surface area contributed by atoms with Gasteiger partial charge in [0.05, 0.1) is 13.2 Å². The van der Waals surface area contributed by atoms with E-state index in [1.54, 1.807) is 0 Å². The van der Waals surface area contributed by atoms with Gasteiger partial charge in [-0.1, -0.05) is 6.07 Å². The number of rotatable bonds is 5. The monoisotopic (exact) mass is 269 g/mol. The molecule has 19 heavy (non-hydrogen) atoms. The van der Waals surface area contributed by atoms with Crippen molar-refractivity contribution in [1.29, 1.82) is 0 Å². The van der Waals surface area contributed by atoms with Gasteiger partial charge in [-0.05, 0) is 12.1 Å². The van der Waals surface area contributed by atoms with Crippen LogP contribution in [0.1, 0.15) is 10.4 Å². The van der Waals surface area contributed by atoms with Gasteiger partial charge in [-0.25, -0.2) is 9.18 Å². The van der Waals surface area contributed by atoms with Crippen molar-refractivity contribution in [3.8, 4) is 5.75 Å². The number of carbonyl (C=O) groups is 1. The third-order valence-electron chi connectivity index (χ3n) is 2.96. The summed E-state index contributed by atoms with van der Waals surface area (Å²) < 4.78 is 24.0. The van der Waals surface area contributed by atoms with Gasteiger partial charge in [0.2, 0.25) is 0 Å². The minimum absolute atomic E-state index is 0.0701. The lowest BCUT2D eigenvalue weighted by atomic mass is 10.2. The zero-order valence-corrected chi connectivity index (χ0v) is 10.5. The molecular formula is C13H16FNO4. The predicted octanol–water partition coefficient (Wildman–Crippen LogP) is 1.23. The molecule has 2 rings (SSSR count). The number of carboxylic acid groups (broad SMARTS) is 1. The molecule has 0 aliphatic carbocycles. The van der Waals surface area contributed by atoms with Crippen LogP contribution in [0.2, 0.25) is 0 Å². The normalized spacial score (nSPS) is 16.3. The van der Waals surface area contributed by atoms with Gasteiger partial charge in [0.15, 0.2) is 0 Å². The van der Waals surface area contributed by atoms with Crippen LogP contribution in [0.4, 0.5) is 4.39 Å². The molecule has 1 fully saturated rings. The number of hydrogen-bond donors (Lipinski definition) is 1. The van der Waals surface area contributed by atoms with Crippen molar-refractivity contribution in [1.82, 2.24) is 4.90 Å². The van der Waals surface area contributed by atoms with Crippen LogP contribution >= 0.6 is 0 Å². The fourth-order valence-electron chi connectivity index (χ4n) is 1.94. The van der Waals surface area contributed by atoms with Gasteiger partial charge in [0.1, 0.15) is 23.7 Å². The number of carboxylic acids is 1. The van der Waals surface area contributed by atoms with Gasteiger partial charge in [0, 0.05) is 19.6 Å². The van der Waals surface area contributed by atoms with E-state index in [9.17, 15) is 9.18 Å². The number of morpholine rings is 1. The molecule has 0 radical (unpaired) electrons. The van der Waals surface area contributed by atoms with Crippen molar-refractivity contribution < 1.29 is 23.8 Å². The SMILES string of the molecule is O=C(O)c1c(F)cccc1OCCN1CCOCC1. The van der Waals surface area contributed by atoms with E-state index in [0.29, 0.717) is 26.4 Å². The highest BCUT2D eigenvalue weighted by atomic mass is 19.1. The standard InChI is InChI=1S/C13H16FNO4/c14-10-2-1-3-11(12(10)13(16)17)19-9-6-15-4-7-18-8-5-15/h1-3H,4-9H2,(H,16,17). The Labute approximate surface area is 110 Å². The van der Waals surface area contributed by atoms with Crippen LogP contribution in [-0.4, -0.2) is 55.4 Å². The lowest BCUT2D eigenvalue weighted by molar-refractivity contribution is 0.0321. The summed E-state index contributed by atoms with van der Waals surface area (Å²) in [6.07, 6.45) is 0. The summed E-state index contributed by atoms with van der Waals surface area (Å²) in [6.45, 7) is 4.04. The first kappa shape index (κ1) is 13.8. The number of halogens is 1. The molecule has 0 saturated carbocycles. The number of benzene rings is 1. The van der Waals surface area contributed by atoms with Gasteiger partial charge in [-0.2, -0.15) is 0 Å². The Morgan fingerprint density at radius 1 is 1.42 bits per heavy atom. The Hall–Kier alpha value is -1.66. The van der Waals surface area contributed by atoms with Gasteiger partial charge in [0.25, 0.3) is 0 Å². The Kier molecular flexibility index (Phi) is 4.70. The average Bonchev–Trinajstić information content (AvgIpc) is 2.39. The van der Waals surface area contributed by atoms with Crippen molar-refractivity contribution in [3.63, 3.8) is 0 Å². The average molecular weight is 269 g/mol. The quantitative estimate of drug-likeness (QED) is 0.871. The summed E-state index contributed by atoms with van der Waals surface area (Å²) in [5, 5.41) is 8.95. The zero-order valence-electron chi connectivity index (χ0n) is 10.5. The molecule has 1 heterocycles. The van der Waals surface area contributed by atoms with E-state index in [1.165, 1.54) is 12.1 Å². The molecule has 0 spiro atoms. The van der Waals surface area contributed by atoms with Gasteiger partial charge in [-0.3, -0.25) is 4.90 Å². The smallest absolute Gasteiger partial charge is 0.342 e. The van der Waals surface area contributed by atoms with E-state index in [2.05, 4.69) is 4.90 Å². The number of ether oxygens (including phenoxy) is 2. The maximum Gasteiger partial charge on any atom is 0.342 e. The topological polar surface area (TPSA) is 59.0 Å². The minimum atomic E-state index is -1.32. The molecular weight excluding hydrogens is 253 g/mol. The van der Waals surface area contributed by atoms with E-state index in [4.69, 9.17) is 14.6 Å². The molecule has 0 aromatic heterocycles. The second-order valence-corrected chi connectivity index (χ2v) is 4.22. The molecule has 104 valence electrons. The molecule has 1 N–H and O–H groups in total. The summed E-state index contributed by atoms with van der Waals surface area (Å²) in [4.78, 5) is 13.1. The molecule has 0 amide bonds. The minimum Gasteiger partial charge on any atom is -0.491 e. The largest absolute Gasteiger partial charge is 0.491 e. The predicted molar refractivity (Wildman–Crippen MR) is 66.1 cm³/mol. The third-order valence-corrected chi connectivity index (χ3v) is 2.96. The molecule has 1 saturated heterocycles. The Morgan fingerprint density at radius 2 is 2.16 bits per heavy atom. The first-order chi connectivity index (χ1) is 9.18. The highest BCUT2D eigenvalue weighted by Crippen LogP contribution is 2.21. The van der Waals surface area contributed by atoms with Crippen LogP contribution in [0.5, 0.6) is 5.75 Å². The van der Waals surface area contributed by atoms with Crippen molar-refractivity contribution in [3.05, 3.63) is 29.6 Å². The molecule has 1 aliphatic rings. The maximum atomic E-state index is 13.4. The first-order valence-electron chi connectivity index (χ1n) is 6.13. The van der Waals surface area contributed by atoms with Crippen molar-refractivity contribution in [2.24, 2.45) is 0 Å². The van der Waals surface area contributed by atoms with Crippen LogP contribution in [0.15, 0.2) is 18.2 Å². The van der Waals surface area contributed by atoms with Crippen molar-refractivity contribution >= 4 is 5.97 Å². The summed E-state index contributed by atoms with van der Waals surface area (Å²) in [5.74, 6) is -2.03. The number of nitrogens with zero attached hydrogens (tertiary/aromatic N) is 1. The molecule has 5 nitrogen and oxygen atoms in total. The van der Waals surface area contributed by atoms with E-state index in [0.717, 1.165) is 19.2 Å². The Balaban J connectivity index is 1.92. The van der Waals surface area contributed by atoms with E-state index in [-0.39, 0.29) is 5.75 Å². The second-order valence-electron chi connectivity index (χ2n) is 4.22. The maximum absolute atomic E-state index is 13.4. The molecule has 0 unspecified atom stereocenters. The highest BCUT2D eigenvalue weighted by molar-refractivity contribution is 5.91. The molecule has 1 aromatic rings. The molecule has 0 atom stereocenters. The summed E-state index contributed by atoms with van der Waals surface area (Å²) in [6, 6.07) is 4.01. The molecule has 6 heteroatoms. The fourth-order valence-corrected chi connectivity index (χ4v) is 1.94.